The van der Waals surface area contributed by atoms with Gasteiger partial charge in [-0.15, -0.1) is 0 Å². The summed E-state index contributed by atoms with van der Waals surface area (Å²) in [5.41, 5.74) is 0. The van der Waals surface area contributed by atoms with Crippen LogP contribution < -0.4 is 10.6 Å². The average molecular weight is 314 g/mol. The van der Waals surface area contributed by atoms with E-state index in [1.54, 1.807) is 0 Å². The van der Waals surface area contributed by atoms with Crippen molar-refractivity contribution >= 4 is 5.96 Å². The summed E-state index contributed by atoms with van der Waals surface area (Å²) in [6.07, 6.45) is 3.45. The lowest BCUT2D eigenvalue weighted by molar-refractivity contribution is 0.0420. The molecule has 0 aromatic rings. The first-order valence-electron chi connectivity index (χ1n) is 8.66. The van der Waals surface area contributed by atoms with Gasteiger partial charge >= 0.3 is 0 Å². The molecule has 1 atom stereocenters. The van der Waals surface area contributed by atoms with Crippen molar-refractivity contribution in [2.75, 3.05) is 59.6 Å². The van der Waals surface area contributed by atoms with Crippen molar-refractivity contribution < 1.29 is 9.47 Å². The standard InChI is InChI=1S/C16H34N4O2/c1-4-20(5-2)11-6-9-18-16(17-3)19-10-7-12-22-15-8-13-21-14-15/h15H,4-14H2,1-3H3,(H2,17,18,19). The van der Waals surface area contributed by atoms with Gasteiger partial charge in [0.1, 0.15) is 0 Å². The molecule has 22 heavy (non-hydrogen) atoms. The van der Waals surface area contributed by atoms with E-state index in [1.807, 2.05) is 7.05 Å². The molecule has 1 fully saturated rings. The van der Waals surface area contributed by atoms with Crippen molar-refractivity contribution in [1.29, 1.82) is 0 Å². The second-order valence-electron chi connectivity index (χ2n) is 5.52. The van der Waals surface area contributed by atoms with Crippen LogP contribution in [0.1, 0.15) is 33.1 Å². The van der Waals surface area contributed by atoms with Crippen LogP contribution in [0.2, 0.25) is 0 Å². The minimum Gasteiger partial charge on any atom is -0.379 e. The molecule has 0 bridgehead atoms. The topological polar surface area (TPSA) is 58.1 Å². The molecule has 1 saturated heterocycles. The van der Waals surface area contributed by atoms with Gasteiger partial charge in [0.05, 0.1) is 12.7 Å². The first-order chi connectivity index (χ1) is 10.8. The van der Waals surface area contributed by atoms with E-state index >= 15 is 0 Å². The molecule has 1 rings (SSSR count). The van der Waals surface area contributed by atoms with Crippen molar-refractivity contribution in [2.45, 2.75) is 39.2 Å². The van der Waals surface area contributed by atoms with E-state index in [2.05, 4.69) is 34.4 Å². The largest absolute Gasteiger partial charge is 0.379 e. The molecule has 0 aromatic carbocycles. The van der Waals surface area contributed by atoms with Crippen LogP contribution in [0.15, 0.2) is 4.99 Å². The summed E-state index contributed by atoms with van der Waals surface area (Å²) in [6, 6.07) is 0. The number of nitrogens with zero attached hydrogens (tertiary/aromatic N) is 2. The van der Waals surface area contributed by atoms with E-state index in [-0.39, 0.29) is 0 Å². The van der Waals surface area contributed by atoms with Crippen LogP contribution in [0.3, 0.4) is 0 Å². The molecule has 0 radical (unpaired) electrons. The lowest BCUT2D eigenvalue weighted by Crippen LogP contribution is -2.39. The average Bonchev–Trinajstić information content (AvgIpc) is 3.06. The highest BCUT2D eigenvalue weighted by atomic mass is 16.5. The quantitative estimate of drug-likeness (QED) is 0.339. The molecule has 6 nitrogen and oxygen atoms in total. The molecular formula is C16H34N4O2. The fourth-order valence-electron chi connectivity index (χ4n) is 2.44. The van der Waals surface area contributed by atoms with Crippen LogP contribution >= 0.6 is 0 Å². The van der Waals surface area contributed by atoms with Crippen molar-refractivity contribution in [3.63, 3.8) is 0 Å². The molecule has 0 aromatic heterocycles. The molecular weight excluding hydrogens is 280 g/mol. The number of nitrogens with one attached hydrogen (secondary N) is 2. The van der Waals surface area contributed by atoms with Crippen LogP contribution in [-0.4, -0.2) is 76.6 Å². The fourth-order valence-corrected chi connectivity index (χ4v) is 2.44. The maximum absolute atomic E-state index is 5.74. The normalized spacial score (nSPS) is 18.9. The fraction of sp³-hybridized carbons (Fsp3) is 0.938. The van der Waals surface area contributed by atoms with E-state index in [9.17, 15) is 0 Å². The zero-order valence-corrected chi connectivity index (χ0v) is 14.6. The van der Waals surface area contributed by atoms with Gasteiger partial charge in [0, 0.05) is 33.4 Å². The number of ether oxygens (including phenoxy) is 2. The van der Waals surface area contributed by atoms with Crippen LogP contribution in [-0.2, 0) is 9.47 Å². The highest BCUT2D eigenvalue weighted by Crippen LogP contribution is 2.07. The molecule has 0 amide bonds. The van der Waals surface area contributed by atoms with Gasteiger partial charge in [-0.1, -0.05) is 13.8 Å². The first kappa shape index (κ1) is 19.2. The summed E-state index contributed by atoms with van der Waals surface area (Å²) >= 11 is 0. The molecule has 0 saturated carbocycles. The van der Waals surface area contributed by atoms with E-state index in [4.69, 9.17) is 9.47 Å². The van der Waals surface area contributed by atoms with Gasteiger partial charge in [-0.05, 0) is 38.9 Å². The van der Waals surface area contributed by atoms with Gasteiger partial charge in [0.2, 0.25) is 0 Å². The SMILES string of the molecule is CCN(CC)CCCNC(=NC)NCCCOC1CCOC1. The zero-order valence-electron chi connectivity index (χ0n) is 14.6. The number of aliphatic imine (C=N–C) groups is 1. The maximum atomic E-state index is 5.74. The number of hydrogen-bond donors (Lipinski definition) is 2. The highest BCUT2D eigenvalue weighted by molar-refractivity contribution is 5.79. The van der Waals surface area contributed by atoms with Gasteiger partial charge in [0.25, 0.3) is 0 Å². The van der Waals surface area contributed by atoms with Crippen molar-refractivity contribution in [2.24, 2.45) is 4.99 Å². The molecule has 130 valence electrons. The van der Waals surface area contributed by atoms with E-state index < -0.39 is 0 Å². The third-order valence-corrected chi connectivity index (χ3v) is 3.92. The summed E-state index contributed by atoms with van der Waals surface area (Å²) in [6.45, 7) is 12.0. The lowest BCUT2D eigenvalue weighted by atomic mass is 10.3. The van der Waals surface area contributed by atoms with Gasteiger partial charge in [-0.25, -0.2) is 0 Å². The number of hydrogen-bond acceptors (Lipinski definition) is 4. The van der Waals surface area contributed by atoms with Gasteiger partial charge in [-0.3, -0.25) is 4.99 Å². The Balaban J connectivity index is 1.97. The van der Waals surface area contributed by atoms with E-state index in [0.717, 1.165) is 77.8 Å². The van der Waals surface area contributed by atoms with Crippen molar-refractivity contribution in [1.82, 2.24) is 15.5 Å². The Labute approximate surface area is 135 Å². The third kappa shape index (κ3) is 8.56. The summed E-state index contributed by atoms with van der Waals surface area (Å²) in [4.78, 5) is 6.67. The lowest BCUT2D eigenvalue weighted by Gasteiger charge is -2.18. The molecule has 0 aliphatic carbocycles. The predicted molar refractivity (Wildman–Crippen MR) is 91.6 cm³/mol. The Morgan fingerprint density at radius 1 is 1.23 bits per heavy atom. The van der Waals surface area contributed by atoms with E-state index in [0.29, 0.717) is 6.10 Å². The molecule has 1 aliphatic heterocycles. The third-order valence-electron chi connectivity index (χ3n) is 3.92. The monoisotopic (exact) mass is 314 g/mol. The summed E-state index contributed by atoms with van der Waals surface area (Å²) in [5, 5.41) is 6.68. The zero-order chi connectivity index (χ0) is 16.0. The molecule has 2 N–H and O–H groups in total. The first-order valence-corrected chi connectivity index (χ1v) is 8.66. The number of rotatable bonds is 11. The van der Waals surface area contributed by atoms with Crippen molar-refractivity contribution in [3.05, 3.63) is 0 Å². The molecule has 1 aliphatic rings. The summed E-state index contributed by atoms with van der Waals surface area (Å²) in [5.74, 6) is 0.878. The predicted octanol–water partition coefficient (Wildman–Crippen LogP) is 1.08. The Bertz CT molecular complexity index is 290. The van der Waals surface area contributed by atoms with Gasteiger partial charge < -0.3 is 25.0 Å². The Morgan fingerprint density at radius 3 is 2.55 bits per heavy atom. The van der Waals surface area contributed by atoms with Crippen molar-refractivity contribution in [3.8, 4) is 0 Å². The molecule has 1 heterocycles. The Morgan fingerprint density at radius 2 is 1.95 bits per heavy atom. The van der Waals surface area contributed by atoms with Crippen LogP contribution in [0.5, 0.6) is 0 Å². The molecule has 0 spiro atoms. The Kier molecular flexibility index (Phi) is 11.1. The molecule has 6 heteroatoms. The highest BCUT2D eigenvalue weighted by Gasteiger charge is 2.15. The van der Waals surface area contributed by atoms with Crippen LogP contribution in [0, 0.1) is 0 Å². The smallest absolute Gasteiger partial charge is 0.190 e. The summed E-state index contributed by atoms with van der Waals surface area (Å²) < 4.78 is 11.0. The Hall–Kier alpha value is -0.850. The second kappa shape index (κ2) is 12.7. The van der Waals surface area contributed by atoms with Crippen LogP contribution in [0.25, 0.3) is 0 Å². The van der Waals surface area contributed by atoms with Gasteiger partial charge in [0.15, 0.2) is 5.96 Å². The minimum absolute atomic E-state index is 0.303. The summed E-state index contributed by atoms with van der Waals surface area (Å²) in [7, 11) is 1.81. The second-order valence-corrected chi connectivity index (χ2v) is 5.52. The van der Waals surface area contributed by atoms with Crippen LogP contribution in [0.4, 0.5) is 0 Å². The minimum atomic E-state index is 0.303. The van der Waals surface area contributed by atoms with E-state index in [1.165, 1.54) is 0 Å². The molecule has 1 unspecified atom stereocenters. The van der Waals surface area contributed by atoms with Gasteiger partial charge in [-0.2, -0.15) is 0 Å². The number of guanidine groups is 1. The maximum Gasteiger partial charge on any atom is 0.190 e.